The third-order valence-electron chi connectivity index (χ3n) is 3.79. The molecule has 5 heteroatoms. The van der Waals surface area contributed by atoms with Gasteiger partial charge in [0.15, 0.2) is 0 Å². The maximum absolute atomic E-state index is 13.5. The summed E-state index contributed by atoms with van der Waals surface area (Å²) in [7, 11) is 0. The van der Waals surface area contributed by atoms with Crippen molar-refractivity contribution in [3.63, 3.8) is 0 Å². The van der Waals surface area contributed by atoms with Crippen LogP contribution >= 0.6 is 15.9 Å². The van der Waals surface area contributed by atoms with Crippen LogP contribution in [0.1, 0.15) is 23.1 Å². The highest BCUT2D eigenvalue weighted by atomic mass is 79.9. The first-order chi connectivity index (χ1) is 10.2. The van der Waals surface area contributed by atoms with E-state index in [1.54, 1.807) is 12.1 Å². The molecule has 0 saturated carbocycles. The summed E-state index contributed by atoms with van der Waals surface area (Å²) >= 11 is 3.22. The van der Waals surface area contributed by atoms with Crippen LogP contribution in [0.4, 0.5) is 13.2 Å². The Balaban J connectivity index is 2.26. The fourth-order valence-electron chi connectivity index (χ4n) is 2.29. The molecule has 0 spiro atoms. The third kappa shape index (κ3) is 3.70. The summed E-state index contributed by atoms with van der Waals surface area (Å²) in [5.74, 6) is 0. The van der Waals surface area contributed by atoms with Crippen molar-refractivity contribution in [2.24, 2.45) is 5.73 Å². The van der Waals surface area contributed by atoms with Crippen molar-refractivity contribution in [2.75, 3.05) is 0 Å². The normalized spacial score (nSPS) is 14.6. The smallest absolute Gasteiger partial charge is 0.314 e. The Labute approximate surface area is 136 Å². The first-order valence-corrected chi connectivity index (χ1v) is 7.69. The van der Waals surface area contributed by atoms with Crippen LogP contribution in [-0.2, 0) is 12.0 Å². The van der Waals surface area contributed by atoms with Crippen LogP contribution in [0.2, 0.25) is 0 Å². The standard InChI is InChI=1S/C17H17BrF3N/c1-12-2-4-13(5-3-12)10-11-16(22,17(19,20)21)14-6-8-15(18)9-7-14/h2-9H,10-11,22H2,1H3. The van der Waals surface area contributed by atoms with E-state index in [1.165, 1.54) is 12.1 Å². The Morgan fingerprint density at radius 1 is 0.955 bits per heavy atom. The van der Waals surface area contributed by atoms with Crippen molar-refractivity contribution in [3.05, 3.63) is 69.7 Å². The van der Waals surface area contributed by atoms with Crippen LogP contribution in [0.15, 0.2) is 53.0 Å². The summed E-state index contributed by atoms with van der Waals surface area (Å²) in [6, 6.07) is 13.5. The van der Waals surface area contributed by atoms with Crippen molar-refractivity contribution in [3.8, 4) is 0 Å². The predicted molar refractivity (Wildman–Crippen MR) is 85.6 cm³/mol. The van der Waals surface area contributed by atoms with Gasteiger partial charge in [0.05, 0.1) is 0 Å². The lowest BCUT2D eigenvalue weighted by atomic mass is 9.84. The number of aryl methyl sites for hydroxylation is 2. The van der Waals surface area contributed by atoms with Crippen molar-refractivity contribution in [1.29, 1.82) is 0 Å². The molecule has 0 radical (unpaired) electrons. The Morgan fingerprint density at radius 2 is 1.50 bits per heavy atom. The number of nitrogens with two attached hydrogens (primary N) is 1. The Hall–Kier alpha value is -1.33. The van der Waals surface area contributed by atoms with Gasteiger partial charge in [0.2, 0.25) is 0 Å². The highest BCUT2D eigenvalue weighted by Crippen LogP contribution is 2.40. The molecule has 1 unspecified atom stereocenters. The lowest BCUT2D eigenvalue weighted by Crippen LogP contribution is -2.50. The molecule has 0 aliphatic heterocycles. The SMILES string of the molecule is Cc1ccc(CCC(N)(c2ccc(Br)cc2)C(F)(F)F)cc1. The molecule has 0 aromatic heterocycles. The fraction of sp³-hybridized carbons (Fsp3) is 0.294. The maximum atomic E-state index is 13.5. The van der Waals surface area contributed by atoms with Gasteiger partial charge >= 0.3 is 6.18 Å². The van der Waals surface area contributed by atoms with Gasteiger partial charge in [-0.15, -0.1) is 0 Å². The first kappa shape index (κ1) is 17.0. The van der Waals surface area contributed by atoms with Crippen molar-refractivity contribution < 1.29 is 13.2 Å². The Bertz CT molecular complexity index is 620. The molecular formula is C17H17BrF3N. The number of halogens is 4. The average molecular weight is 372 g/mol. The molecule has 2 aromatic carbocycles. The molecule has 2 rings (SSSR count). The minimum absolute atomic E-state index is 0.0790. The molecule has 0 amide bonds. The van der Waals surface area contributed by atoms with Crippen LogP contribution in [0.5, 0.6) is 0 Å². The number of benzene rings is 2. The van der Waals surface area contributed by atoms with Gasteiger partial charge in [0, 0.05) is 4.47 Å². The highest BCUT2D eigenvalue weighted by molar-refractivity contribution is 9.10. The summed E-state index contributed by atoms with van der Waals surface area (Å²) in [5.41, 5.74) is 5.44. The second-order valence-electron chi connectivity index (χ2n) is 5.46. The number of alkyl halides is 3. The van der Waals surface area contributed by atoms with E-state index in [4.69, 9.17) is 5.73 Å². The van der Waals surface area contributed by atoms with Gasteiger partial charge in [-0.25, -0.2) is 0 Å². The van der Waals surface area contributed by atoms with Gasteiger partial charge in [0.25, 0.3) is 0 Å². The van der Waals surface area contributed by atoms with E-state index < -0.39 is 11.7 Å². The quantitative estimate of drug-likeness (QED) is 0.794. The molecule has 0 bridgehead atoms. The second-order valence-corrected chi connectivity index (χ2v) is 6.38. The number of rotatable bonds is 4. The molecule has 1 nitrogen and oxygen atoms in total. The topological polar surface area (TPSA) is 26.0 Å². The van der Waals surface area contributed by atoms with Gasteiger partial charge in [0.1, 0.15) is 5.54 Å². The Morgan fingerprint density at radius 3 is 2.00 bits per heavy atom. The first-order valence-electron chi connectivity index (χ1n) is 6.89. The zero-order chi connectivity index (χ0) is 16.4. The molecular weight excluding hydrogens is 355 g/mol. The van der Waals surface area contributed by atoms with E-state index in [2.05, 4.69) is 15.9 Å². The van der Waals surface area contributed by atoms with Gasteiger partial charge in [-0.05, 0) is 43.0 Å². The van der Waals surface area contributed by atoms with Crippen molar-refractivity contribution in [2.45, 2.75) is 31.5 Å². The number of hydrogen-bond acceptors (Lipinski definition) is 1. The zero-order valence-corrected chi connectivity index (χ0v) is 13.7. The molecule has 0 aliphatic carbocycles. The molecule has 2 aromatic rings. The molecule has 2 N–H and O–H groups in total. The minimum Gasteiger partial charge on any atom is -0.314 e. The molecule has 1 atom stereocenters. The number of hydrogen-bond donors (Lipinski definition) is 1. The fourth-order valence-corrected chi connectivity index (χ4v) is 2.56. The molecule has 22 heavy (non-hydrogen) atoms. The van der Waals surface area contributed by atoms with E-state index >= 15 is 0 Å². The maximum Gasteiger partial charge on any atom is 0.410 e. The monoisotopic (exact) mass is 371 g/mol. The van der Waals surface area contributed by atoms with E-state index in [1.807, 2.05) is 31.2 Å². The minimum atomic E-state index is -4.51. The Kier molecular flexibility index (Phi) is 4.97. The van der Waals surface area contributed by atoms with Crippen LogP contribution in [0.3, 0.4) is 0 Å². The van der Waals surface area contributed by atoms with Crippen molar-refractivity contribution >= 4 is 15.9 Å². The lowest BCUT2D eigenvalue weighted by molar-refractivity contribution is -0.191. The van der Waals surface area contributed by atoms with Crippen molar-refractivity contribution in [1.82, 2.24) is 0 Å². The van der Waals surface area contributed by atoms with E-state index in [-0.39, 0.29) is 18.4 Å². The van der Waals surface area contributed by atoms with E-state index in [0.717, 1.165) is 15.6 Å². The van der Waals surface area contributed by atoms with E-state index in [0.29, 0.717) is 0 Å². The van der Waals surface area contributed by atoms with Crippen LogP contribution in [0.25, 0.3) is 0 Å². The van der Waals surface area contributed by atoms with Gasteiger partial charge < -0.3 is 5.73 Å². The zero-order valence-electron chi connectivity index (χ0n) is 12.1. The second kappa shape index (κ2) is 6.42. The predicted octanol–water partition coefficient (Wildman–Crippen LogP) is 5.11. The van der Waals surface area contributed by atoms with Crippen LogP contribution in [-0.4, -0.2) is 6.18 Å². The molecule has 0 fully saturated rings. The lowest BCUT2D eigenvalue weighted by Gasteiger charge is -2.32. The molecule has 0 saturated heterocycles. The summed E-state index contributed by atoms with van der Waals surface area (Å²) < 4.78 is 41.3. The molecule has 0 heterocycles. The molecule has 0 aliphatic rings. The van der Waals surface area contributed by atoms with Gasteiger partial charge in [-0.1, -0.05) is 57.9 Å². The van der Waals surface area contributed by atoms with Gasteiger partial charge in [-0.3, -0.25) is 0 Å². The summed E-state index contributed by atoms with van der Waals surface area (Å²) in [5, 5.41) is 0. The highest BCUT2D eigenvalue weighted by Gasteiger charge is 2.52. The van der Waals surface area contributed by atoms with Crippen LogP contribution in [0, 0.1) is 6.92 Å². The average Bonchev–Trinajstić information content (AvgIpc) is 2.46. The third-order valence-corrected chi connectivity index (χ3v) is 4.32. The largest absolute Gasteiger partial charge is 0.410 e. The summed E-state index contributed by atoms with van der Waals surface area (Å²) in [6.45, 7) is 1.94. The molecule has 118 valence electrons. The summed E-state index contributed by atoms with van der Waals surface area (Å²) in [4.78, 5) is 0. The van der Waals surface area contributed by atoms with E-state index in [9.17, 15) is 13.2 Å². The van der Waals surface area contributed by atoms with Crippen LogP contribution < -0.4 is 5.73 Å². The van der Waals surface area contributed by atoms with Gasteiger partial charge in [-0.2, -0.15) is 13.2 Å². The summed E-state index contributed by atoms with van der Waals surface area (Å²) in [6.07, 6.45) is -4.43.